The third-order valence-electron chi connectivity index (χ3n) is 1.19. The van der Waals surface area contributed by atoms with Crippen molar-refractivity contribution in [1.82, 2.24) is 0 Å². The molecule has 0 saturated carbocycles. The smallest absolute Gasteiger partial charge is 0.161 e. The molecule has 1 rings (SSSR count). The molecule has 0 saturated heterocycles. The molecule has 0 aliphatic carbocycles. The SMILES string of the molecule is Nc1cc(N)c(O)c(N)c1. The molecule has 7 N–H and O–H groups in total. The van der Waals surface area contributed by atoms with Gasteiger partial charge >= 0.3 is 0 Å². The number of hydrogen-bond acceptors (Lipinski definition) is 4. The highest BCUT2D eigenvalue weighted by Crippen LogP contribution is 2.29. The van der Waals surface area contributed by atoms with Gasteiger partial charge in [-0.2, -0.15) is 0 Å². The molecular formula is C6H9N3O. The Balaban J connectivity index is 3.31. The zero-order chi connectivity index (χ0) is 7.72. The third-order valence-corrected chi connectivity index (χ3v) is 1.19. The highest BCUT2D eigenvalue weighted by molar-refractivity contribution is 5.72. The number of hydrogen-bond donors (Lipinski definition) is 4. The van der Waals surface area contributed by atoms with E-state index in [1.807, 2.05) is 0 Å². The van der Waals surface area contributed by atoms with Crippen LogP contribution in [0.25, 0.3) is 0 Å². The van der Waals surface area contributed by atoms with E-state index in [2.05, 4.69) is 0 Å². The number of phenolic OH excluding ortho intramolecular Hbond substituents is 1. The summed E-state index contributed by atoms with van der Waals surface area (Å²) in [5.74, 6) is -0.103. The number of nitrogen functional groups attached to an aromatic ring is 3. The van der Waals surface area contributed by atoms with Crippen LogP contribution in [-0.2, 0) is 0 Å². The second kappa shape index (κ2) is 1.98. The molecule has 10 heavy (non-hydrogen) atoms. The number of nitrogens with two attached hydrogens (primary N) is 3. The van der Waals surface area contributed by atoms with Gasteiger partial charge in [0.15, 0.2) is 5.75 Å². The van der Waals surface area contributed by atoms with Crippen molar-refractivity contribution < 1.29 is 5.11 Å². The van der Waals surface area contributed by atoms with Crippen molar-refractivity contribution in [2.45, 2.75) is 0 Å². The standard InChI is InChI=1S/C6H9N3O/c7-3-1-4(8)6(10)5(9)2-3/h1-2,10H,7-9H2. The molecule has 0 bridgehead atoms. The van der Waals surface area contributed by atoms with Crippen LogP contribution in [0, 0.1) is 0 Å². The van der Waals surface area contributed by atoms with E-state index in [1.54, 1.807) is 0 Å². The first kappa shape index (κ1) is 6.54. The molecule has 0 atom stereocenters. The summed E-state index contributed by atoms with van der Waals surface area (Å²) >= 11 is 0. The summed E-state index contributed by atoms with van der Waals surface area (Å²) in [7, 11) is 0. The van der Waals surface area contributed by atoms with E-state index in [0.29, 0.717) is 5.69 Å². The largest absolute Gasteiger partial charge is 0.504 e. The topological polar surface area (TPSA) is 98.3 Å². The molecule has 0 radical (unpaired) electrons. The molecule has 0 aliphatic rings. The van der Waals surface area contributed by atoms with Gasteiger partial charge in [-0.3, -0.25) is 0 Å². The second-order valence-electron chi connectivity index (χ2n) is 2.05. The van der Waals surface area contributed by atoms with Crippen LogP contribution >= 0.6 is 0 Å². The Labute approximate surface area is 58.2 Å². The maximum atomic E-state index is 9.03. The van der Waals surface area contributed by atoms with Gasteiger partial charge in [0.1, 0.15) is 0 Å². The van der Waals surface area contributed by atoms with Gasteiger partial charge in [-0.05, 0) is 12.1 Å². The molecule has 4 nitrogen and oxygen atoms in total. The first-order chi connectivity index (χ1) is 4.61. The predicted octanol–water partition coefficient (Wildman–Crippen LogP) is 0.139. The maximum absolute atomic E-state index is 9.03. The van der Waals surface area contributed by atoms with E-state index in [-0.39, 0.29) is 17.1 Å². The third kappa shape index (κ3) is 0.907. The van der Waals surface area contributed by atoms with Gasteiger partial charge in [-0.25, -0.2) is 0 Å². The van der Waals surface area contributed by atoms with Gasteiger partial charge < -0.3 is 22.3 Å². The van der Waals surface area contributed by atoms with E-state index in [9.17, 15) is 0 Å². The van der Waals surface area contributed by atoms with E-state index >= 15 is 0 Å². The quantitative estimate of drug-likeness (QED) is 0.233. The molecule has 0 unspecified atom stereocenters. The van der Waals surface area contributed by atoms with Crippen LogP contribution in [0.3, 0.4) is 0 Å². The molecule has 0 spiro atoms. The Bertz CT molecular complexity index is 236. The number of rotatable bonds is 0. The van der Waals surface area contributed by atoms with E-state index in [4.69, 9.17) is 22.3 Å². The van der Waals surface area contributed by atoms with Gasteiger partial charge in [0, 0.05) is 5.69 Å². The van der Waals surface area contributed by atoms with E-state index in [1.165, 1.54) is 12.1 Å². The average molecular weight is 139 g/mol. The van der Waals surface area contributed by atoms with Crippen molar-refractivity contribution in [3.8, 4) is 5.75 Å². The lowest BCUT2D eigenvalue weighted by atomic mass is 10.2. The van der Waals surface area contributed by atoms with Gasteiger partial charge in [0.05, 0.1) is 11.4 Å². The summed E-state index contributed by atoms with van der Waals surface area (Å²) in [5, 5.41) is 9.03. The monoisotopic (exact) mass is 139 g/mol. The van der Waals surface area contributed by atoms with Gasteiger partial charge in [0.2, 0.25) is 0 Å². The minimum Gasteiger partial charge on any atom is -0.504 e. The molecule has 1 aromatic rings. The molecule has 4 heteroatoms. The highest BCUT2D eigenvalue weighted by Gasteiger charge is 2.01. The van der Waals surface area contributed by atoms with Crippen molar-refractivity contribution in [3.05, 3.63) is 12.1 Å². The molecule has 1 aromatic carbocycles. The highest BCUT2D eigenvalue weighted by atomic mass is 16.3. The molecule has 0 heterocycles. The minimum atomic E-state index is -0.103. The lowest BCUT2D eigenvalue weighted by molar-refractivity contribution is 0.480. The van der Waals surface area contributed by atoms with Crippen LogP contribution in [0.2, 0.25) is 0 Å². The van der Waals surface area contributed by atoms with Crippen molar-refractivity contribution >= 4 is 17.1 Å². The van der Waals surface area contributed by atoms with Crippen LogP contribution in [0.4, 0.5) is 17.1 Å². The van der Waals surface area contributed by atoms with Gasteiger partial charge in [-0.1, -0.05) is 0 Å². The number of aromatic hydroxyl groups is 1. The van der Waals surface area contributed by atoms with Crippen molar-refractivity contribution in [3.63, 3.8) is 0 Å². The van der Waals surface area contributed by atoms with Crippen LogP contribution in [0.5, 0.6) is 5.75 Å². The van der Waals surface area contributed by atoms with Gasteiger partial charge in [-0.15, -0.1) is 0 Å². The summed E-state index contributed by atoms with van der Waals surface area (Å²) in [4.78, 5) is 0. The molecule has 0 amide bonds. The molecule has 0 aliphatic heterocycles. The van der Waals surface area contributed by atoms with Crippen LogP contribution < -0.4 is 17.2 Å². The Morgan fingerprint density at radius 3 is 1.80 bits per heavy atom. The molecule has 0 aromatic heterocycles. The number of phenols is 1. The molecule has 0 fully saturated rings. The summed E-state index contributed by atoms with van der Waals surface area (Å²) in [5.41, 5.74) is 16.8. The summed E-state index contributed by atoms with van der Waals surface area (Å²) in [6.07, 6.45) is 0. The lowest BCUT2D eigenvalue weighted by Gasteiger charge is -2.02. The summed E-state index contributed by atoms with van der Waals surface area (Å²) in [6.45, 7) is 0. The van der Waals surface area contributed by atoms with Gasteiger partial charge in [0.25, 0.3) is 0 Å². The molecule has 54 valence electrons. The fourth-order valence-corrected chi connectivity index (χ4v) is 0.704. The first-order valence-corrected chi connectivity index (χ1v) is 2.74. The minimum absolute atomic E-state index is 0.103. The van der Waals surface area contributed by atoms with Crippen LogP contribution in [0.15, 0.2) is 12.1 Å². The Hall–Kier alpha value is -1.58. The second-order valence-corrected chi connectivity index (χ2v) is 2.05. The maximum Gasteiger partial charge on any atom is 0.161 e. The van der Waals surface area contributed by atoms with Crippen molar-refractivity contribution in [2.75, 3.05) is 17.2 Å². The average Bonchev–Trinajstić information content (AvgIpc) is 1.82. The normalized spacial score (nSPS) is 9.60. The fourth-order valence-electron chi connectivity index (χ4n) is 0.704. The Morgan fingerprint density at radius 1 is 1.00 bits per heavy atom. The Morgan fingerprint density at radius 2 is 1.40 bits per heavy atom. The zero-order valence-electron chi connectivity index (χ0n) is 5.33. The Kier molecular flexibility index (Phi) is 1.30. The van der Waals surface area contributed by atoms with E-state index < -0.39 is 0 Å². The van der Waals surface area contributed by atoms with Crippen LogP contribution in [-0.4, -0.2) is 5.11 Å². The predicted molar refractivity (Wildman–Crippen MR) is 41.3 cm³/mol. The van der Waals surface area contributed by atoms with Crippen molar-refractivity contribution in [1.29, 1.82) is 0 Å². The zero-order valence-corrected chi connectivity index (χ0v) is 5.33. The van der Waals surface area contributed by atoms with E-state index in [0.717, 1.165) is 0 Å². The number of anilines is 3. The summed E-state index contributed by atoms with van der Waals surface area (Å²) in [6, 6.07) is 2.90. The first-order valence-electron chi connectivity index (χ1n) is 2.74. The van der Waals surface area contributed by atoms with Crippen molar-refractivity contribution in [2.24, 2.45) is 0 Å². The lowest BCUT2D eigenvalue weighted by Crippen LogP contribution is -1.94. The van der Waals surface area contributed by atoms with Crippen LogP contribution in [0.1, 0.15) is 0 Å². The fraction of sp³-hybridized carbons (Fsp3) is 0. The number of benzene rings is 1. The summed E-state index contributed by atoms with van der Waals surface area (Å²) < 4.78 is 0. The molecular weight excluding hydrogens is 130 g/mol.